The predicted octanol–water partition coefficient (Wildman–Crippen LogP) is 5.54. The largest absolute Gasteiger partial charge is 0.462 e. The van der Waals surface area contributed by atoms with E-state index in [-0.39, 0.29) is 39.9 Å². The zero-order valence-corrected chi connectivity index (χ0v) is 25.9. The minimum atomic E-state index is -4.66. The fourth-order valence-electron chi connectivity index (χ4n) is 5.26. The number of likely N-dealkylation sites (tertiary alicyclic amines) is 1. The number of amides is 3. The van der Waals surface area contributed by atoms with Gasteiger partial charge in [-0.05, 0) is 50.5 Å². The van der Waals surface area contributed by atoms with Gasteiger partial charge in [0, 0.05) is 66.9 Å². The maximum Gasteiger partial charge on any atom is 0.434 e. The lowest BCUT2D eigenvalue weighted by Gasteiger charge is -2.18. The number of carbonyl (C=O) groups is 3. The molecule has 1 saturated heterocycles. The quantitative estimate of drug-likeness (QED) is 0.214. The Morgan fingerprint density at radius 2 is 1.91 bits per heavy atom. The molecule has 1 aromatic carbocycles. The smallest absolute Gasteiger partial charge is 0.434 e. The second-order valence-corrected chi connectivity index (χ2v) is 11.3. The number of urea groups is 1. The first-order chi connectivity index (χ1) is 22.0. The first-order valence-corrected chi connectivity index (χ1v) is 15.6. The molecule has 3 aromatic heterocycles. The number of ether oxygens (including phenoxy) is 1. The molecular formula is C31H31F3N6O5S. The summed E-state index contributed by atoms with van der Waals surface area (Å²) in [6.07, 6.45) is 0.0880. The van der Waals surface area contributed by atoms with Crippen molar-refractivity contribution in [1.29, 1.82) is 0 Å². The second-order valence-electron chi connectivity index (χ2n) is 10.5. The van der Waals surface area contributed by atoms with Gasteiger partial charge in [-0.3, -0.25) is 14.9 Å². The Balaban J connectivity index is 1.60. The summed E-state index contributed by atoms with van der Waals surface area (Å²) in [5, 5.41) is 6.23. The van der Waals surface area contributed by atoms with Gasteiger partial charge in [-0.2, -0.15) is 13.2 Å². The van der Waals surface area contributed by atoms with E-state index in [0.29, 0.717) is 55.7 Å². The number of pyridine rings is 2. The molecule has 1 aliphatic rings. The number of hydrogen-bond donors (Lipinski definition) is 2. The minimum absolute atomic E-state index is 0.0258. The van der Waals surface area contributed by atoms with Gasteiger partial charge in [-0.15, -0.1) is 11.3 Å². The van der Waals surface area contributed by atoms with Crippen molar-refractivity contribution in [1.82, 2.24) is 24.8 Å². The normalized spacial score (nSPS) is 13.3. The van der Waals surface area contributed by atoms with Crippen LogP contribution < -0.4 is 16.1 Å². The fourth-order valence-corrected chi connectivity index (χ4v) is 6.11. The number of benzene rings is 1. The van der Waals surface area contributed by atoms with Crippen molar-refractivity contribution < 1.29 is 32.3 Å². The van der Waals surface area contributed by atoms with Gasteiger partial charge in [-0.1, -0.05) is 6.07 Å². The van der Waals surface area contributed by atoms with E-state index in [2.05, 4.69) is 20.6 Å². The zero-order valence-electron chi connectivity index (χ0n) is 25.1. The number of esters is 1. The highest BCUT2D eigenvalue weighted by atomic mass is 32.1. The van der Waals surface area contributed by atoms with Gasteiger partial charge in [0.15, 0.2) is 5.69 Å². The molecule has 0 spiro atoms. The van der Waals surface area contributed by atoms with Gasteiger partial charge in [0.2, 0.25) is 11.3 Å². The van der Waals surface area contributed by atoms with Crippen LogP contribution in [-0.4, -0.2) is 63.6 Å². The number of aromatic nitrogens is 3. The third-order valence-corrected chi connectivity index (χ3v) is 8.27. The van der Waals surface area contributed by atoms with E-state index in [1.807, 2.05) is 0 Å². The average molecular weight is 657 g/mol. The SMILES string of the molecule is CCNC(=O)Nc1cc(-c2nc(C(F)(F)F)cs2)c(-c2ccc3c(c2)c(=O)c(C(=O)OCC)cn3CCCN2CCCC2=O)cn1. The van der Waals surface area contributed by atoms with Crippen molar-refractivity contribution >= 4 is 46.0 Å². The number of fused-ring (bicyclic) bond motifs is 1. The molecule has 1 fully saturated rings. The summed E-state index contributed by atoms with van der Waals surface area (Å²) in [6, 6.07) is 5.81. The van der Waals surface area contributed by atoms with Crippen molar-refractivity contribution in [3.8, 4) is 21.7 Å². The van der Waals surface area contributed by atoms with E-state index in [0.717, 1.165) is 23.1 Å². The topological polar surface area (TPSA) is 136 Å². The Morgan fingerprint density at radius 3 is 2.59 bits per heavy atom. The van der Waals surface area contributed by atoms with Crippen LogP contribution in [0.3, 0.4) is 0 Å². The minimum Gasteiger partial charge on any atom is -0.462 e. The van der Waals surface area contributed by atoms with Crippen LogP contribution >= 0.6 is 11.3 Å². The zero-order chi connectivity index (χ0) is 33.0. The molecule has 3 amide bonds. The molecule has 0 atom stereocenters. The van der Waals surface area contributed by atoms with Crippen molar-refractivity contribution in [3.63, 3.8) is 0 Å². The number of anilines is 1. The second kappa shape index (κ2) is 13.7. The van der Waals surface area contributed by atoms with Gasteiger partial charge < -0.3 is 19.5 Å². The third-order valence-electron chi connectivity index (χ3n) is 7.39. The molecule has 0 radical (unpaired) electrons. The van der Waals surface area contributed by atoms with Crippen LogP contribution in [0.15, 0.2) is 46.8 Å². The molecule has 15 heteroatoms. The summed E-state index contributed by atoms with van der Waals surface area (Å²) >= 11 is 0.775. The summed E-state index contributed by atoms with van der Waals surface area (Å²) in [4.78, 5) is 60.5. The Bertz CT molecular complexity index is 1850. The lowest BCUT2D eigenvalue weighted by atomic mass is 9.99. The van der Waals surface area contributed by atoms with E-state index >= 15 is 0 Å². The molecule has 46 heavy (non-hydrogen) atoms. The van der Waals surface area contributed by atoms with Crippen LogP contribution in [0.4, 0.5) is 23.8 Å². The van der Waals surface area contributed by atoms with Gasteiger partial charge >= 0.3 is 18.2 Å². The number of nitrogens with one attached hydrogen (secondary N) is 2. The standard InChI is InChI=1S/C31H31F3N6O5S/c1-3-35-30(44)38-25-14-19(28-37-24(17-46-28)31(32,33)34)21(15-36-25)18-8-9-23-20(13-18)27(42)22(29(43)45-4-2)16-40(23)12-6-11-39-10-5-7-26(39)41/h8-9,13-17H,3-7,10-12H2,1-2H3,(H2,35,36,38,44). The number of rotatable bonds is 10. The van der Waals surface area contributed by atoms with Crippen molar-refractivity contribution in [2.75, 3.05) is 31.6 Å². The van der Waals surface area contributed by atoms with Gasteiger partial charge in [-0.25, -0.2) is 19.6 Å². The fraction of sp³-hybridized carbons (Fsp3) is 0.355. The molecule has 11 nitrogen and oxygen atoms in total. The van der Waals surface area contributed by atoms with E-state index < -0.39 is 29.3 Å². The maximum absolute atomic E-state index is 13.6. The molecule has 4 heterocycles. The number of thiazole rings is 1. The summed E-state index contributed by atoms with van der Waals surface area (Å²) < 4.78 is 47.3. The molecule has 2 N–H and O–H groups in total. The molecule has 4 aromatic rings. The molecule has 1 aliphatic heterocycles. The first kappa shape index (κ1) is 32.6. The Kier molecular flexibility index (Phi) is 9.70. The van der Waals surface area contributed by atoms with Crippen LogP contribution in [0.2, 0.25) is 0 Å². The number of hydrogen-bond acceptors (Lipinski definition) is 8. The predicted molar refractivity (Wildman–Crippen MR) is 167 cm³/mol. The number of carbonyl (C=O) groups excluding carboxylic acids is 3. The van der Waals surface area contributed by atoms with Crippen LogP contribution in [0.5, 0.6) is 0 Å². The number of alkyl halides is 3. The highest BCUT2D eigenvalue weighted by Crippen LogP contribution is 2.39. The Hall–Kier alpha value is -4.79. The Morgan fingerprint density at radius 1 is 1.11 bits per heavy atom. The summed E-state index contributed by atoms with van der Waals surface area (Å²) in [6.45, 7) is 5.38. The van der Waals surface area contributed by atoms with Crippen molar-refractivity contribution in [3.05, 3.63) is 63.5 Å². The molecule has 0 saturated carbocycles. The highest BCUT2D eigenvalue weighted by molar-refractivity contribution is 7.13. The highest BCUT2D eigenvalue weighted by Gasteiger charge is 2.34. The Labute approximate surface area is 265 Å². The maximum atomic E-state index is 13.6. The summed E-state index contributed by atoms with van der Waals surface area (Å²) in [7, 11) is 0. The van der Waals surface area contributed by atoms with E-state index in [4.69, 9.17) is 4.74 Å². The van der Waals surface area contributed by atoms with Crippen LogP contribution in [0.25, 0.3) is 32.6 Å². The van der Waals surface area contributed by atoms with Crippen LogP contribution in [0.1, 0.15) is 49.2 Å². The molecular weight excluding hydrogens is 625 g/mol. The van der Waals surface area contributed by atoms with Gasteiger partial charge in [0.05, 0.1) is 12.1 Å². The average Bonchev–Trinajstić information content (AvgIpc) is 3.68. The lowest BCUT2D eigenvalue weighted by molar-refractivity contribution is -0.140. The molecule has 0 unspecified atom stereocenters. The van der Waals surface area contributed by atoms with Crippen LogP contribution in [0, 0.1) is 0 Å². The summed E-state index contributed by atoms with van der Waals surface area (Å²) in [5.41, 5.74) is -0.255. The first-order valence-electron chi connectivity index (χ1n) is 14.7. The summed E-state index contributed by atoms with van der Waals surface area (Å²) in [5.74, 6) is -0.604. The number of halogens is 3. The molecule has 5 rings (SSSR count). The van der Waals surface area contributed by atoms with E-state index in [9.17, 15) is 32.3 Å². The van der Waals surface area contributed by atoms with Crippen molar-refractivity contribution in [2.24, 2.45) is 0 Å². The van der Waals surface area contributed by atoms with Crippen molar-refractivity contribution in [2.45, 2.75) is 45.8 Å². The van der Waals surface area contributed by atoms with Gasteiger partial charge in [0.25, 0.3) is 0 Å². The third kappa shape index (κ3) is 7.03. The molecule has 0 aliphatic carbocycles. The number of nitrogens with zero attached hydrogens (tertiary/aromatic N) is 4. The lowest BCUT2D eigenvalue weighted by Crippen LogP contribution is -2.28. The van der Waals surface area contributed by atoms with E-state index in [1.165, 1.54) is 18.5 Å². The monoisotopic (exact) mass is 656 g/mol. The molecule has 242 valence electrons. The van der Waals surface area contributed by atoms with Crippen LogP contribution in [-0.2, 0) is 22.3 Å². The number of aryl methyl sites for hydroxylation is 1. The molecule has 0 bridgehead atoms. The van der Waals surface area contributed by atoms with E-state index in [1.54, 1.807) is 41.5 Å². The van der Waals surface area contributed by atoms with Gasteiger partial charge in [0.1, 0.15) is 16.4 Å².